The predicted octanol–water partition coefficient (Wildman–Crippen LogP) is 3.13. The molecule has 0 N–H and O–H groups in total. The van der Waals surface area contributed by atoms with Crippen molar-refractivity contribution in [2.45, 2.75) is 45.6 Å². The fourth-order valence-corrected chi connectivity index (χ4v) is 3.31. The van der Waals surface area contributed by atoms with Crippen LogP contribution in [0.1, 0.15) is 53.3 Å². The van der Waals surface area contributed by atoms with Gasteiger partial charge >= 0.3 is 5.97 Å². The molecule has 104 valence electrons. The van der Waals surface area contributed by atoms with Gasteiger partial charge in [0, 0.05) is 11.7 Å². The number of hydrogen-bond donors (Lipinski definition) is 0. The zero-order chi connectivity index (χ0) is 14.2. The van der Waals surface area contributed by atoms with Crippen molar-refractivity contribution in [1.82, 2.24) is 4.57 Å². The van der Waals surface area contributed by atoms with Crippen LogP contribution < -0.4 is 5.56 Å². The van der Waals surface area contributed by atoms with Crippen molar-refractivity contribution in [3.05, 3.63) is 31.6 Å². The molecule has 5 heteroatoms. The van der Waals surface area contributed by atoms with E-state index < -0.39 is 0 Å². The minimum Gasteiger partial charge on any atom is -0.465 e. The van der Waals surface area contributed by atoms with E-state index in [-0.39, 0.29) is 17.6 Å². The first-order valence-corrected chi connectivity index (χ1v) is 7.27. The molecule has 1 heterocycles. The summed E-state index contributed by atoms with van der Waals surface area (Å²) in [5, 5.41) is 0. The van der Waals surface area contributed by atoms with E-state index in [1.807, 2.05) is 6.92 Å². The number of ether oxygens (including phenoxy) is 1. The van der Waals surface area contributed by atoms with Gasteiger partial charge in [-0.05, 0) is 48.2 Å². The normalized spacial score (nSPS) is 15.8. The van der Waals surface area contributed by atoms with E-state index in [4.69, 9.17) is 4.74 Å². The molecule has 0 bridgehead atoms. The predicted molar refractivity (Wildman–Crippen MR) is 76.7 cm³/mol. The lowest BCUT2D eigenvalue weighted by atomic mass is 10.1. The second kappa shape index (κ2) is 5.49. The Bertz CT molecular complexity index is 571. The van der Waals surface area contributed by atoms with E-state index in [1.54, 1.807) is 11.5 Å². The van der Waals surface area contributed by atoms with Crippen molar-refractivity contribution in [2.24, 2.45) is 0 Å². The van der Waals surface area contributed by atoms with Crippen molar-refractivity contribution in [2.75, 3.05) is 7.11 Å². The minimum absolute atomic E-state index is 0.0467. The van der Waals surface area contributed by atoms with E-state index in [1.165, 1.54) is 7.11 Å². The van der Waals surface area contributed by atoms with Gasteiger partial charge in [-0.3, -0.25) is 4.79 Å². The third kappa shape index (κ3) is 2.36. The Hall–Kier alpha value is -1.10. The van der Waals surface area contributed by atoms with Crippen LogP contribution in [-0.2, 0) is 4.74 Å². The van der Waals surface area contributed by atoms with Gasteiger partial charge in [-0.25, -0.2) is 4.79 Å². The molecule has 1 aromatic heterocycles. The number of rotatable bonds is 2. The summed E-state index contributed by atoms with van der Waals surface area (Å²) < 4.78 is 7.06. The number of esters is 1. The quantitative estimate of drug-likeness (QED) is 0.784. The summed E-state index contributed by atoms with van der Waals surface area (Å²) in [6.07, 6.45) is 4.26. The molecule has 4 nitrogen and oxygen atoms in total. The molecule has 0 saturated heterocycles. The summed E-state index contributed by atoms with van der Waals surface area (Å²) in [5.74, 6) is -0.387. The lowest BCUT2D eigenvalue weighted by molar-refractivity contribution is 0.0597. The van der Waals surface area contributed by atoms with Crippen molar-refractivity contribution < 1.29 is 9.53 Å². The maximum absolute atomic E-state index is 12.4. The number of aromatic nitrogens is 1. The third-order valence-electron chi connectivity index (χ3n) is 3.91. The summed E-state index contributed by atoms with van der Waals surface area (Å²) in [7, 11) is 1.36. The molecular formula is C14H18BrNO3. The smallest absolute Gasteiger partial charge is 0.339 e. The number of methoxy groups -OCH3 is 1. The van der Waals surface area contributed by atoms with E-state index >= 15 is 0 Å². The molecule has 1 aliphatic rings. The number of hydrogen-bond acceptors (Lipinski definition) is 3. The van der Waals surface area contributed by atoms with Crippen molar-refractivity contribution in [3.8, 4) is 0 Å². The largest absolute Gasteiger partial charge is 0.465 e. The van der Waals surface area contributed by atoms with Crippen molar-refractivity contribution in [3.63, 3.8) is 0 Å². The van der Waals surface area contributed by atoms with Gasteiger partial charge in [0.1, 0.15) is 0 Å². The van der Waals surface area contributed by atoms with Crippen LogP contribution in [0.4, 0.5) is 0 Å². The number of carbonyl (C=O) groups is 1. The van der Waals surface area contributed by atoms with Crippen LogP contribution in [0.15, 0.2) is 9.27 Å². The summed E-state index contributed by atoms with van der Waals surface area (Å²) >= 11 is 3.32. The molecule has 2 rings (SSSR count). The van der Waals surface area contributed by atoms with Crippen LogP contribution in [0.2, 0.25) is 0 Å². The first-order chi connectivity index (χ1) is 8.99. The van der Waals surface area contributed by atoms with Gasteiger partial charge in [0.25, 0.3) is 5.56 Å². The molecule has 0 amide bonds. The molecular weight excluding hydrogens is 310 g/mol. The molecule has 0 spiro atoms. The molecule has 1 fully saturated rings. The Morgan fingerprint density at radius 2 is 1.89 bits per heavy atom. The second-order valence-corrected chi connectivity index (χ2v) is 5.80. The number of halogens is 1. The Labute approximate surface area is 120 Å². The Balaban J connectivity index is 2.70. The number of pyridine rings is 1. The maximum atomic E-state index is 12.4. The SMILES string of the molecule is COC(=O)c1c(C)c(Br)c(=O)n(C2CCCC2)c1C. The summed E-state index contributed by atoms with van der Waals surface area (Å²) in [4.78, 5) is 24.4. The molecule has 0 aliphatic heterocycles. The third-order valence-corrected chi connectivity index (χ3v) is 4.85. The molecule has 0 atom stereocenters. The van der Waals surface area contributed by atoms with Crippen LogP contribution in [0.5, 0.6) is 0 Å². The molecule has 1 aliphatic carbocycles. The number of carbonyl (C=O) groups excluding carboxylic acids is 1. The lowest BCUT2D eigenvalue weighted by Crippen LogP contribution is -2.30. The highest BCUT2D eigenvalue weighted by Gasteiger charge is 2.26. The van der Waals surface area contributed by atoms with Crippen LogP contribution >= 0.6 is 15.9 Å². The van der Waals surface area contributed by atoms with Gasteiger partial charge in [0.15, 0.2) is 0 Å². The Morgan fingerprint density at radius 3 is 2.42 bits per heavy atom. The van der Waals surface area contributed by atoms with E-state index in [0.29, 0.717) is 21.3 Å². The average Bonchev–Trinajstić information content (AvgIpc) is 2.90. The van der Waals surface area contributed by atoms with Crippen LogP contribution in [-0.4, -0.2) is 17.6 Å². The topological polar surface area (TPSA) is 48.3 Å². The van der Waals surface area contributed by atoms with Crippen molar-refractivity contribution >= 4 is 21.9 Å². The van der Waals surface area contributed by atoms with Gasteiger partial charge in [-0.2, -0.15) is 0 Å². The molecule has 0 aromatic carbocycles. The Morgan fingerprint density at radius 1 is 1.32 bits per heavy atom. The highest BCUT2D eigenvalue weighted by atomic mass is 79.9. The van der Waals surface area contributed by atoms with Crippen LogP contribution in [0, 0.1) is 13.8 Å². The lowest BCUT2D eigenvalue weighted by Gasteiger charge is -2.21. The number of nitrogens with zero attached hydrogens (tertiary/aromatic N) is 1. The van der Waals surface area contributed by atoms with Gasteiger partial charge in [-0.15, -0.1) is 0 Å². The monoisotopic (exact) mass is 327 g/mol. The first-order valence-electron chi connectivity index (χ1n) is 6.48. The average molecular weight is 328 g/mol. The van der Waals surface area contributed by atoms with Gasteiger partial charge < -0.3 is 9.30 Å². The molecule has 0 unspecified atom stereocenters. The molecule has 1 aromatic rings. The molecule has 19 heavy (non-hydrogen) atoms. The molecule has 1 saturated carbocycles. The zero-order valence-corrected chi connectivity index (χ0v) is 13.0. The van der Waals surface area contributed by atoms with E-state index in [9.17, 15) is 9.59 Å². The summed E-state index contributed by atoms with van der Waals surface area (Å²) in [6.45, 7) is 3.59. The fraction of sp³-hybridized carbons (Fsp3) is 0.571. The van der Waals surface area contributed by atoms with Crippen LogP contribution in [0.3, 0.4) is 0 Å². The van der Waals surface area contributed by atoms with Gasteiger partial charge in [-0.1, -0.05) is 12.8 Å². The van der Waals surface area contributed by atoms with E-state index in [0.717, 1.165) is 25.7 Å². The van der Waals surface area contributed by atoms with E-state index in [2.05, 4.69) is 15.9 Å². The summed E-state index contributed by atoms with van der Waals surface area (Å²) in [6, 6.07) is 0.202. The Kier molecular flexibility index (Phi) is 4.13. The van der Waals surface area contributed by atoms with Crippen molar-refractivity contribution in [1.29, 1.82) is 0 Å². The molecule has 0 radical (unpaired) electrons. The second-order valence-electron chi connectivity index (χ2n) is 5.00. The van der Waals surface area contributed by atoms with Gasteiger partial charge in [0.05, 0.1) is 17.1 Å². The first kappa shape index (κ1) is 14.3. The standard InChI is InChI=1S/C14H18BrNO3/c1-8-11(14(18)19-3)9(2)16(13(17)12(8)15)10-6-4-5-7-10/h10H,4-7H2,1-3H3. The fourth-order valence-electron chi connectivity index (χ4n) is 2.93. The highest BCUT2D eigenvalue weighted by molar-refractivity contribution is 9.10. The summed E-state index contributed by atoms with van der Waals surface area (Å²) in [5.41, 5.74) is 1.82. The maximum Gasteiger partial charge on any atom is 0.339 e. The zero-order valence-electron chi connectivity index (χ0n) is 11.5. The highest BCUT2D eigenvalue weighted by Crippen LogP contribution is 2.31. The minimum atomic E-state index is -0.387. The van der Waals surface area contributed by atoms with Crippen LogP contribution in [0.25, 0.3) is 0 Å². The van der Waals surface area contributed by atoms with Gasteiger partial charge in [0.2, 0.25) is 0 Å².